The van der Waals surface area contributed by atoms with Crippen LogP contribution in [-0.2, 0) is 14.3 Å². The summed E-state index contributed by atoms with van der Waals surface area (Å²) in [5.74, 6) is -1.90. The summed E-state index contributed by atoms with van der Waals surface area (Å²) in [5, 5.41) is 12.4. The Morgan fingerprint density at radius 2 is 2.25 bits per heavy atom. The number of amides is 1. The van der Waals surface area contributed by atoms with Gasteiger partial charge in [0.1, 0.15) is 0 Å². The minimum Gasteiger partial charge on any atom is -0.479 e. The lowest BCUT2D eigenvalue weighted by molar-refractivity contribution is -0.147. The van der Waals surface area contributed by atoms with E-state index in [-0.39, 0.29) is 18.9 Å². The molecule has 0 aromatic heterocycles. The molecule has 2 N–H and O–H groups in total. The van der Waals surface area contributed by atoms with E-state index >= 15 is 0 Å². The topological polar surface area (TPSA) is 75.6 Å². The number of carbonyl (C=O) groups excluding carboxylic acids is 1. The third-order valence-electron chi connectivity index (χ3n) is 3.54. The molecule has 2 unspecified atom stereocenters. The molecule has 2 rings (SSSR count). The Morgan fingerprint density at radius 3 is 2.80 bits per heavy atom. The van der Waals surface area contributed by atoms with Crippen LogP contribution in [0.4, 0.5) is 0 Å². The van der Waals surface area contributed by atoms with Crippen LogP contribution in [0.15, 0.2) is 24.3 Å². The molecule has 1 aromatic carbocycles. The first-order valence-electron chi connectivity index (χ1n) is 6.33. The number of carboxylic acid groups (broad SMARTS) is 1. The Morgan fingerprint density at radius 1 is 1.50 bits per heavy atom. The van der Waals surface area contributed by atoms with Gasteiger partial charge < -0.3 is 15.2 Å². The zero-order valence-corrected chi connectivity index (χ0v) is 11.8. The molecule has 1 saturated heterocycles. The minimum absolute atomic E-state index is 0.00363. The van der Waals surface area contributed by atoms with E-state index in [1.807, 2.05) is 0 Å². The summed E-state index contributed by atoms with van der Waals surface area (Å²) in [6, 6.07) is 6.96. The van der Waals surface area contributed by atoms with Crippen molar-refractivity contribution in [3.05, 3.63) is 34.9 Å². The molecule has 0 spiro atoms. The van der Waals surface area contributed by atoms with Gasteiger partial charge in [-0.2, -0.15) is 0 Å². The van der Waals surface area contributed by atoms with Gasteiger partial charge in [-0.15, -0.1) is 0 Å². The molecular weight excluding hydrogens is 282 g/mol. The highest BCUT2D eigenvalue weighted by Crippen LogP contribution is 2.23. The van der Waals surface area contributed by atoms with Gasteiger partial charge in [0.05, 0.1) is 12.5 Å². The molecule has 108 valence electrons. The van der Waals surface area contributed by atoms with Crippen LogP contribution in [0.25, 0.3) is 0 Å². The standard InChI is InChI=1S/C14H16ClNO4/c1-9(10-3-2-4-11(15)7-10)12(17)16-14(13(18)19)5-6-20-8-14/h2-4,7,9H,5-6,8H2,1H3,(H,16,17)(H,18,19). The van der Waals surface area contributed by atoms with Crippen LogP contribution in [0.1, 0.15) is 24.8 Å². The summed E-state index contributed by atoms with van der Waals surface area (Å²) in [7, 11) is 0. The fourth-order valence-electron chi connectivity index (χ4n) is 2.16. The number of aliphatic carboxylic acids is 1. The lowest BCUT2D eigenvalue weighted by atomic mass is 9.95. The van der Waals surface area contributed by atoms with E-state index in [4.69, 9.17) is 16.3 Å². The third-order valence-corrected chi connectivity index (χ3v) is 3.77. The lowest BCUT2D eigenvalue weighted by Gasteiger charge is -2.25. The van der Waals surface area contributed by atoms with Crippen molar-refractivity contribution in [2.75, 3.05) is 13.2 Å². The van der Waals surface area contributed by atoms with Crippen LogP contribution in [-0.4, -0.2) is 35.7 Å². The van der Waals surface area contributed by atoms with Crippen molar-refractivity contribution in [2.24, 2.45) is 0 Å². The second-order valence-electron chi connectivity index (χ2n) is 4.96. The fraction of sp³-hybridized carbons (Fsp3) is 0.429. The Balaban J connectivity index is 2.13. The highest BCUT2D eigenvalue weighted by molar-refractivity contribution is 6.30. The number of halogens is 1. The van der Waals surface area contributed by atoms with Gasteiger partial charge in [0.25, 0.3) is 0 Å². The van der Waals surface area contributed by atoms with Crippen LogP contribution < -0.4 is 5.32 Å². The normalized spacial score (nSPS) is 23.3. The number of hydrogen-bond donors (Lipinski definition) is 2. The van der Waals surface area contributed by atoms with Gasteiger partial charge in [0, 0.05) is 18.1 Å². The summed E-state index contributed by atoms with van der Waals surface area (Å²) >= 11 is 5.90. The number of carbonyl (C=O) groups is 2. The average molecular weight is 298 g/mol. The van der Waals surface area contributed by atoms with Crippen molar-refractivity contribution in [1.29, 1.82) is 0 Å². The van der Waals surface area contributed by atoms with Crippen molar-refractivity contribution in [2.45, 2.75) is 24.8 Å². The number of hydrogen-bond acceptors (Lipinski definition) is 3. The Bertz CT molecular complexity index is 526. The molecule has 0 bridgehead atoms. The maximum atomic E-state index is 12.2. The molecule has 0 aliphatic carbocycles. The van der Waals surface area contributed by atoms with Crippen LogP contribution in [0.2, 0.25) is 5.02 Å². The van der Waals surface area contributed by atoms with Gasteiger partial charge in [-0.3, -0.25) is 4.79 Å². The summed E-state index contributed by atoms with van der Waals surface area (Å²) in [4.78, 5) is 23.6. The van der Waals surface area contributed by atoms with E-state index in [0.29, 0.717) is 11.6 Å². The molecule has 2 atom stereocenters. The van der Waals surface area contributed by atoms with Crippen molar-refractivity contribution in [1.82, 2.24) is 5.32 Å². The molecule has 0 radical (unpaired) electrons. The Hall–Kier alpha value is -1.59. The minimum atomic E-state index is -1.32. The van der Waals surface area contributed by atoms with Gasteiger partial charge >= 0.3 is 5.97 Å². The number of ether oxygens (including phenoxy) is 1. The predicted octanol–water partition coefficient (Wildman–Crippen LogP) is 1.80. The molecule has 1 heterocycles. The van der Waals surface area contributed by atoms with Crippen LogP contribution in [0, 0.1) is 0 Å². The summed E-state index contributed by atoms with van der Waals surface area (Å²) in [5.41, 5.74) is -0.571. The first-order chi connectivity index (χ1) is 9.44. The van der Waals surface area contributed by atoms with E-state index in [1.165, 1.54) is 0 Å². The van der Waals surface area contributed by atoms with Gasteiger partial charge in [0.15, 0.2) is 5.54 Å². The third kappa shape index (κ3) is 2.94. The zero-order chi connectivity index (χ0) is 14.8. The largest absolute Gasteiger partial charge is 0.479 e. The number of carboxylic acids is 1. The van der Waals surface area contributed by atoms with Gasteiger partial charge in [0.2, 0.25) is 5.91 Å². The molecule has 20 heavy (non-hydrogen) atoms. The Labute approximate surface area is 121 Å². The van der Waals surface area contributed by atoms with Crippen LogP contribution in [0.5, 0.6) is 0 Å². The Kier molecular flexibility index (Phi) is 4.30. The average Bonchev–Trinajstić information content (AvgIpc) is 2.87. The van der Waals surface area contributed by atoms with E-state index < -0.39 is 17.4 Å². The van der Waals surface area contributed by atoms with Crippen molar-refractivity contribution in [3.63, 3.8) is 0 Å². The second kappa shape index (κ2) is 5.81. The van der Waals surface area contributed by atoms with Crippen molar-refractivity contribution in [3.8, 4) is 0 Å². The first kappa shape index (κ1) is 14.8. The molecule has 1 aliphatic heterocycles. The first-order valence-corrected chi connectivity index (χ1v) is 6.71. The van der Waals surface area contributed by atoms with Crippen molar-refractivity contribution >= 4 is 23.5 Å². The quantitative estimate of drug-likeness (QED) is 0.888. The molecule has 6 heteroatoms. The SMILES string of the molecule is CC(C(=O)NC1(C(=O)O)CCOC1)c1cccc(Cl)c1. The number of rotatable bonds is 4. The van der Waals surface area contributed by atoms with Crippen LogP contribution in [0.3, 0.4) is 0 Å². The number of nitrogens with one attached hydrogen (secondary N) is 1. The van der Waals surface area contributed by atoms with Crippen LogP contribution >= 0.6 is 11.6 Å². The van der Waals surface area contributed by atoms with Gasteiger partial charge in [-0.05, 0) is 24.6 Å². The molecule has 1 amide bonds. The van der Waals surface area contributed by atoms with Gasteiger partial charge in [-0.1, -0.05) is 23.7 Å². The monoisotopic (exact) mass is 297 g/mol. The second-order valence-corrected chi connectivity index (χ2v) is 5.39. The molecular formula is C14H16ClNO4. The van der Waals surface area contributed by atoms with Crippen molar-refractivity contribution < 1.29 is 19.4 Å². The zero-order valence-electron chi connectivity index (χ0n) is 11.1. The maximum absolute atomic E-state index is 12.2. The highest BCUT2D eigenvalue weighted by atomic mass is 35.5. The molecule has 1 aromatic rings. The molecule has 0 saturated carbocycles. The lowest BCUT2D eigenvalue weighted by Crippen LogP contribution is -2.56. The molecule has 1 aliphatic rings. The number of benzene rings is 1. The summed E-state index contributed by atoms with van der Waals surface area (Å²) in [6.45, 7) is 2.04. The van der Waals surface area contributed by atoms with E-state index in [2.05, 4.69) is 5.32 Å². The van der Waals surface area contributed by atoms with Gasteiger partial charge in [-0.25, -0.2) is 4.79 Å². The van der Waals surface area contributed by atoms with E-state index in [9.17, 15) is 14.7 Å². The summed E-state index contributed by atoms with van der Waals surface area (Å²) in [6.07, 6.45) is 0.274. The fourth-order valence-corrected chi connectivity index (χ4v) is 2.36. The summed E-state index contributed by atoms with van der Waals surface area (Å²) < 4.78 is 5.11. The van der Waals surface area contributed by atoms with E-state index in [1.54, 1.807) is 31.2 Å². The molecule has 5 nitrogen and oxygen atoms in total. The molecule has 1 fully saturated rings. The van der Waals surface area contributed by atoms with E-state index in [0.717, 1.165) is 5.56 Å². The highest BCUT2D eigenvalue weighted by Gasteiger charge is 2.44. The predicted molar refractivity (Wildman–Crippen MR) is 73.8 cm³/mol. The smallest absolute Gasteiger partial charge is 0.331 e. The maximum Gasteiger partial charge on any atom is 0.331 e.